The van der Waals surface area contributed by atoms with E-state index in [1.807, 2.05) is 45.9 Å². The molecule has 10 nitrogen and oxygen atoms in total. The quantitative estimate of drug-likeness (QED) is 0.434. The van der Waals surface area contributed by atoms with Crippen molar-refractivity contribution in [3.63, 3.8) is 0 Å². The Morgan fingerprint density at radius 1 is 1.17 bits per heavy atom. The number of carbonyl (C=O) groups excluding carboxylic acids is 3. The topological polar surface area (TPSA) is 113 Å². The third-order valence-corrected chi connectivity index (χ3v) is 8.03. The molecule has 2 amide bonds. The van der Waals surface area contributed by atoms with E-state index in [0.29, 0.717) is 38.7 Å². The van der Waals surface area contributed by atoms with Crippen LogP contribution in [0.25, 0.3) is 0 Å². The Morgan fingerprint density at radius 3 is 2.59 bits per heavy atom. The van der Waals surface area contributed by atoms with E-state index in [9.17, 15) is 14.4 Å². The van der Waals surface area contributed by atoms with Gasteiger partial charge in [0, 0.05) is 6.54 Å². The Hall–Kier alpha value is -2.85. The maximum atomic E-state index is 13.1. The Labute approximate surface area is 243 Å². The molecule has 3 fully saturated rings. The molecule has 41 heavy (non-hydrogen) atoms. The summed E-state index contributed by atoms with van der Waals surface area (Å²) in [4.78, 5) is 38.9. The predicted molar refractivity (Wildman–Crippen MR) is 152 cm³/mol. The summed E-state index contributed by atoms with van der Waals surface area (Å²) in [6.07, 6.45) is 3.75. The number of carbonyl (C=O) groups is 3. The Kier molecular flexibility index (Phi) is 10.2. The molecule has 1 spiro atoms. The third-order valence-electron chi connectivity index (χ3n) is 8.03. The van der Waals surface area contributed by atoms with Crippen molar-refractivity contribution in [3.05, 3.63) is 29.8 Å². The SMILES string of the molecule is CCOC(=O)CC(C)Oc1ccccc1[C@H]1CC[C@@H](OCC2N(C(=O)OC(C)(C)C)CCC23COCC(=O)N3)CC1. The molecule has 3 unspecified atom stereocenters. The molecular formula is C31H46N2O8. The van der Waals surface area contributed by atoms with Crippen LogP contribution in [0.3, 0.4) is 0 Å². The van der Waals surface area contributed by atoms with E-state index in [1.54, 1.807) is 11.8 Å². The van der Waals surface area contributed by atoms with Crippen molar-refractivity contribution in [1.29, 1.82) is 0 Å². The van der Waals surface area contributed by atoms with Gasteiger partial charge < -0.3 is 33.9 Å². The summed E-state index contributed by atoms with van der Waals surface area (Å²) in [5.41, 5.74) is -0.158. The molecule has 1 aliphatic carbocycles. The molecule has 1 aromatic rings. The van der Waals surface area contributed by atoms with Crippen molar-refractivity contribution in [2.45, 2.75) is 108 Å². The maximum Gasteiger partial charge on any atom is 0.410 e. The summed E-state index contributed by atoms with van der Waals surface area (Å²) in [7, 11) is 0. The molecule has 1 N–H and O–H groups in total. The molecule has 228 valence electrons. The van der Waals surface area contributed by atoms with E-state index >= 15 is 0 Å². The lowest BCUT2D eigenvalue weighted by molar-refractivity contribution is -0.144. The molecule has 0 aromatic heterocycles. The molecule has 3 atom stereocenters. The van der Waals surface area contributed by atoms with E-state index in [0.717, 1.165) is 37.0 Å². The minimum absolute atomic E-state index is 0.0264. The smallest absolute Gasteiger partial charge is 0.410 e. The van der Waals surface area contributed by atoms with Gasteiger partial charge in [0.05, 0.1) is 43.9 Å². The van der Waals surface area contributed by atoms with Gasteiger partial charge in [0.2, 0.25) is 5.91 Å². The summed E-state index contributed by atoms with van der Waals surface area (Å²) in [6, 6.07) is 7.66. The number of amides is 2. The Balaban J connectivity index is 1.36. The summed E-state index contributed by atoms with van der Waals surface area (Å²) in [6.45, 7) is 10.7. The summed E-state index contributed by atoms with van der Waals surface area (Å²) >= 11 is 0. The van der Waals surface area contributed by atoms with E-state index in [1.165, 1.54) is 0 Å². The first-order chi connectivity index (χ1) is 19.5. The molecule has 10 heteroatoms. The number of ether oxygens (including phenoxy) is 5. The van der Waals surface area contributed by atoms with Crippen LogP contribution in [0.5, 0.6) is 5.75 Å². The van der Waals surface area contributed by atoms with Gasteiger partial charge in [-0.25, -0.2) is 4.79 Å². The van der Waals surface area contributed by atoms with Crippen LogP contribution in [-0.2, 0) is 28.5 Å². The number of nitrogens with one attached hydrogen (secondary N) is 1. The largest absolute Gasteiger partial charge is 0.490 e. The average molecular weight is 575 g/mol. The van der Waals surface area contributed by atoms with Crippen molar-refractivity contribution in [2.75, 3.05) is 33.0 Å². The minimum Gasteiger partial charge on any atom is -0.490 e. The van der Waals surface area contributed by atoms with Gasteiger partial charge >= 0.3 is 12.1 Å². The fraction of sp³-hybridized carbons (Fsp3) is 0.710. The molecular weight excluding hydrogens is 528 g/mol. The first-order valence-electron chi connectivity index (χ1n) is 14.9. The van der Waals surface area contributed by atoms with E-state index < -0.39 is 17.2 Å². The fourth-order valence-electron chi connectivity index (χ4n) is 6.13. The highest BCUT2D eigenvalue weighted by Gasteiger charge is 2.53. The van der Waals surface area contributed by atoms with Crippen LogP contribution in [0.4, 0.5) is 4.79 Å². The molecule has 0 bridgehead atoms. The maximum absolute atomic E-state index is 13.1. The second kappa shape index (κ2) is 13.4. The standard InChI is InChI=1S/C31H46N2O8/c1-6-38-28(35)17-21(2)40-25-10-8-7-9-24(25)22-11-13-23(14-12-22)39-18-26-31(20-37-19-27(34)32-31)15-16-33(26)29(36)41-30(3,4)5/h7-10,21-23,26H,6,11-20H2,1-5H3,(H,32,34)/t21?,22-,23+,26?,31?. The zero-order valence-corrected chi connectivity index (χ0v) is 25.1. The number of esters is 1. The van der Waals surface area contributed by atoms with Gasteiger partial charge in [0.15, 0.2) is 0 Å². The monoisotopic (exact) mass is 574 g/mol. The second-order valence-corrected chi connectivity index (χ2v) is 12.4. The van der Waals surface area contributed by atoms with Crippen LogP contribution < -0.4 is 10.1 Å². The molecule has 2 heterocycles. The summed E-state index contributed by atoms with van der Waals surface area (Å²) in [5, 5.41) is 3.11. The van der Waals surface area contributed by atoms with Crippen LogP contribution in [-0.4, -0.2) is 85.2 Å². The molecule has 1 aromatic carbocycles. The van der Waals surface area contributed by atoms with Crippen LogP contribution in [0.1, 0.15) is 84.6 Å². The molecule has 2 aliphatic heterocycles. The molecule has 0 radical (unpaired) electrons. The highest BCUT2D eigenvalue weighted by molar-refractivity contribution is 5.79. The second-order valence-electron chi connectivity index (χ2n) is 12.4. The number of hydrogen-bond acceptors (Lipinski definition) is 8. The molecule has 3 aliphatic rings. The number of benzene rings is 1. The highest BCUT2D eigenvalue weighted by Crippen LogP contribution is 2.39. The zero-order valence-electron chi connectivity index (χ0n) is 25.1. The highest BCUT2D eigenvalue weighted by atomic mass is 16.6. The minimum atomic E-state index is -0.681. The molecule has 4 rings (SSSR count). The summed E-state index contributed by atoms with van der Waals surface area (Å²) < 4.78 is 29.0. The van der Waals surface area contributed by atoms with E-state index in [-0.39, 0.29) is 43.2 Å². The van der Waals surface area contributed by atoms with Crippen LogP contribution in [0, 0.1) is 0 Å². The van der Waals surface area contributed by atoms with Crippen molar-refractivity contribution in [1.82, 2.24) is 10.2 Å². The van der Waals surface area contributed by atoms with Gasteiger partial charge in [-0.2, -0.15) is 0 Å². The van der Waals surface area contributed by atoms with Crippen molar-refractivity contribution in [2.24, 2.45) is 0 Å². The summed E-state index contributed by atoms with van der Waals surface area (Å²) in [5.74, 6) is 0.694. The van der Waals surface area contributed by atoms with Crippen molar-refractivity contribution < 1.29 is 38.1 Å². The van der Waals surface area contributed by atoms with Crippen molar-refractivity contribution in [3.8, 4) is 5.75 Å². The third kappa shape index (κ3) is 8.13. The van der Waals surface area contributed by atoms with E-state index in [2.05, 4.69) is 11.4 Å². The lowest BCUT2D eigenvalue weighted by Crippen LogP contribution is -2.65. The fourth-order valence-corrected chi connectivity index (χ4v) is 6.13. The first kappa shape index (κ1) is 31.1. The van der Waals surface area contributed by atoms with Gasteiger partial charge in [-0.05, 0) is 84.3 Å². The van der Waals surface area contributed by atoms with Crippen LogP contribution in [0.2, 0.25) is 0 Å². The first-order valence-corrected chi connectivity index (χ1v) is 14.9. The lowest BCUT2D eigenvalue weighted by Gasteiger charge is -2.41. The molecule has 1 saturated carbocycles. The normalized spacial score (nSPS) is 27.3. The van der Waals surface area contributed by atoms with Gasteiger partial charge in [-0.3, -0.25) is 9.59 Å². The number of para-hydroxylation sites is 1. The van der Waals surface area contributed by atoms with Gasteiger partial charge in [-0.15, -0.1) is 0 Å². The number of hydrogen-bond donors (Lipinski definition) is 1. The van der Waals surface area contributed by atoms with Crippen LogP contribution in [0.15, 0.2) is 24.3 Å². The average Bonchev–Trinajstić information content (AvgIpc) is 3.24. The number of likely N-dealkylation sites (tertiary alicyclic amines) is 1. The predicted octanol–water partition coefficient (Wildman–Crippen LogP) is 4.34. The van der Waals surface area contributed by atoms with Crippen molar-refractivity contribution >= 4 is 18.0 Å². The van der Waals surface area contributed by atoms with E-state index in [4.69, 9.17) is 23.7 Å². The van der Waals surface area contributed by atoms with Gasteiger partial charge in [0.25, 0.3) is 0 Å². The Morgan fingerprint density at radius 2 is 1.90 bits per heavy atom. The molecule has 2 saturated heterocycles. The number of nitrogens with zero attached hydrogens (tertiary/aromatic N) is 1. The Bertz CT molecular complexity index is 1060. The number of morpholine rings is 1. The van der Waals surface area contributed by atoms with Gasteiger partial charge in [0.1, 0.15) is 24.1 Å². The zero-order chi connectivity index (χ0) is 29.6. The number of rotatable bonds is 9. The van der Waals surface area contributed by atoms with Crippen LogP contribution >= 0.6 is 0 Å². The van der Waals surface area contributed by atoms with Gasteiger partial charge in [-0.1, -0.05) is 18.2 Å². The lowest BCUT2D eigenvalue weighted by atomic mass is 9.82.